The summed E-state index contributed by atoms with van der Waals surface area (Å²) >= 11 is 0. The van der Waals surface area contributed by atoms with Crippen molar-refractivity contribution < 1.29 is 13.2 Å². The van der Waals surface area contributed by atoms with Crippen LogP contribution in [0.3, 0.4) is 0 Å². The minimum Gasteiger partial charge on any atom is -0.413 e. The van der Waals surface area contributed by atoms with Gasteiger partial charge in [-0.05, 0) is 112 Å². The fourth-order valence-electron chi connectivity index (χ4n) is 7.03. The van der Waals surface area contributed by atoms with E-state index in [0.717, 1.165) is 31.3 Å². The van der Waals surface area contributed by atoms with Crippen LogP contribution in [0.2, 0.25) is 37.8 Å². The third-order valence-corrected chi connectivity index (χ3v) is 15.6. The third-order valence-electron chi connectivity index (χ3n) is 9.98. The van der Waals surface area contributed by atoms with E-state index in [2.05, 4.69) is 118 Å². The summed E-state index contributed by atoms with van der Waals surface area (Å²) in [4.78, 5) is 0. The van der Waals surface area contributed by atoms with Crippen LogP contribution in [0.4, 0.5) is 4.39 Å². The van der Waals surface area contributed by atoms with E-state index in [1.54, 1.807) is 5.57 Å². The molecular formula is C36H59FO2Si2. The predicted molar refractivity (Wildman–Crippen MR) is 180 cm³/mol. The number of allylic oxidation sites excluding steroid dienone is 6. The predicted octanol–water partition coefficient (Wildman–Crippen LogP) is 10.7. The summed E-state index contributed by atoms with van der Waals surface area (Å²) in [6, 6.07) is 0. The molecule has 0 aromatic heterocycles. The van der Waals surface area contributed by atoms with Crippen LogP contribution in [-0.2, 0) is 8.85 Å². The zero-order valence-electron chi connectivity index (χ0n) is 28.4. The Morgan fingerprint density at radius 2 is 1.80 bits per heavy atom. The van der Waals surface area contributed by atoms with Gasteiger partial charge in [0.2, 0.25) is 0 Å². The second kappa shape index (κ2) is 12.4. The van der Waals surface area contributed by atoms with Gasteiger partial charge in [-0.25, -0.2) is 4.39 Å². The van der Waals surface area contributed by atoms with Gasteiger partial charge in [-0.3, -0.25) is 0 Å². The maximum absolute atomic E-state index is 15.1. The standard InChI is InChI=1S/C36H59FO2Si2/c1-26(16-14-22-35(6,7)39-40(9,10)11)31-20-21-32-28(17-15-23-36(31,32)8)18-19-29-24-30(25-33(37)27(29)2)38-41(12,13)34(3,4)5/h18-20,26,30,32-33H,2,15-17,21,23-25H2,1,3-13H3/b28-18+,29-19-/t26-,30+,32+,33-,36-/m1/s1. The SMILES string of the molecule is C=C1/C(=C\C=C2/CCC[C@]3(C)C([C@H](C)CC#CC(C)(C)O[Si](C)(C)C)=CC[C@@H]23)C[C@H](O[Si](C)(C)C(C)(C)C)C[C@H]1F. The van der Waals surface area contributed by atoms with Crippen molar-refractivity contribution in [1.82, 2.24) is 0 Å². The molecule has 2 saturated carbocycles. The first-order valence-corrected chi connectivity index (χ1v) is 22.3. The Kier molecular flexibility index (Phi) is 10.4. The molecule has 0 unspecified atom stereocenters. The fourth-order valence-corrected chi connectivity index (χ4v) is 9.98. The molecule has 5 atom stereocenters. The van der Waals surface area contributed by atoms with Crippen LogP contribution in [0, 0.1) is 29.1 Å². The summed E-state index contributed by atoms with van der Waals surface area (Å²) in [6.07, 6.45) is 12.6. The summed E-state index contributed by atoms with van der Waals surface area (Å²) in [6.45, 7) is 31.1. The number of hydrogen-bond donors (Lipinski definition) is 0. The number of rotatable bonds is 7. The molecule has 3 rings (SSSR count). The van der Waals surface area contributed by atoms with Gasteiger partial charge in [-0.2, -0.15) is 0 Å². The summed E-state index contributed by atoms with van der Waals surface area (Å²) in [5.41, 5.74) is 4.54. The summed E-state index contributed by atoms with van der Waals surface area (Å²) in [5, 5.41) is 0.111. The largest absolute Gasteiger partial charge is 0.413 e. The molecular weight excluding hydrogens is 540 g/mol. The van der Waals surface area contributed by atoms with E-state index in [0.29, 0.717) is 23.8 Å². The van der Waals surface area contributed by atoms with Crippen molar-refractivity contribution in [3.05, 3.63) is 47.1 Å². The van der Waals surface area contributed by atoms with E-state index in [1.165, 1.54) is 18.4 Å². The van der Waals surface area contributed by atoms with Crippen LogP contribution >= 0.6 is 0 Å². The Morgan fingerprint density at radius 3 is 2.41 bits per heavy atom. The minimum absolute atomic E-state index is 0.0690. The Bertz CT molecular complexity index is 1130. The van der Waals surface area contributed by atoms with Crippen LogP contribution in [0.1, 0.15) is 93.4 Å². The van der Waals surface area contributed by atoms with Crippen molar-refractivity contribution in [3.63, 3.8) is 0 Å². The van der Waals surface area contributed by atoms with E-state index in [-0.39, 0.29) is 16.6 Å². The average molecular weight is 599 g/mol. The highest BCUT2D eigenvalue weighted by Gasteiger charge is 2.46. The van der Waals surface area contributed by atoms with E-state index in [4.69, 9.17) is 8.85 Å². The zero-order chi connectivity index (χ0) is 31.0. The first-order valence-electron chi connectivity index (χ1n) is 16.0. The lowest BCUT2D eigenvalue weighted by Crippen LogP contribution is -2.45. The topological polar surface area (TPSA) is 18.5 Å². The maximum atomic E-state index is 15.1. The van der Waals surface area contributed by atoms with Gasteiger partial charge in [-0.1, -0.05) is 82.4 Å². The van der Waals surface area contributed by atoms with Gasteiger partial charge in [0.25, 0.3) is 0 Å². The van der Waals surface area contributed by atoms with Crippen molar-refractivity contribution in [3.8, 4) is 11.8 Å². The third kappa shape index (κ3) is 8.46. The highest BCUT2D eigenvalue weighted by atomic mass is 28.4. The molecule has 0 bridgehead atoms. The molecule has 3 aliphatic carbocycles. The molecule has 2 nitrogen and oxygen atoms in total. The average Bonchev–Trinajstić information content (AvgIpc) is 3.15. The van der Waals surface area contributed by atoms with Crippen LogP contribution in [0.15, 0.2) is 47.1 Å². The van der Waals surface area contributed by atoms with E-state index in [9.17, 15) is 0 Å². The molecule has 0 aromatic rings. The normalized spacial score (nSPS) is 30.6. The second-order valence-corrected chi connectivity index (χ2v) is 25.4. The van der Waals surface area contributed by atoms with Crippen molar-refractivity contribution in [2.24, 2.45) is 17.3 Å². The highest BCUT2D eigenvalue weighted by molar-refractivity contribution is 6.74. The van der Waals surface area contributed by atoms with Gasteiger partial charge in [0.15, 0.2) is 16.6 Å². The van der Waals surface area contributed by atoms with Gasteiger partial charge in [-0.15, -0.1) is 0 Å². The Hall–Kier alpha value is -1.20. The molecule has 0 aliphatic heterocycles. The quantitative estimate of drug-likeness (QED) is 0.165. The molecule has 0 radical (unpaired) electrons. The van der Waals surface area contributed by atoms with E-state index >= 15 is 4.39 Å². The van der Waals surface area contributed by atoms with Crippen molar-refractivity contribution >= 4 is 16.6 Å². The Labute approximate surface area is 254 Å². The first kappa shape index (κ1) is 34.3. The molecule has 0 heterocycles. The fraction of sp³-hybridized carbons (Fsp3) is 0.722. The molecule has 0 amide bonds. The first-order chi connectivity index (χ1) is 18.7. The van der Waals surface area contributed by atoms with Crippen LogP contribution < -0.4 is 0 Å². The molecule has 230 valence electrons. The van der Waals surface area contributed by atoms with Crippen molar-refractivity contribution in [1.29, 1.82) is 0 Å². The molecule has 0 spiro atoms. The molecule has 0 saturated heterocycles. The van der Waals surface area contributed by atoms with Crippen LogP contribution in [0.25, 0.3) is 0 Å². The monoisotopic (exact) mass is 598 g/mol. The number of fused-ring (bicyclic) bond motifs is 1. The molecule has 5 heteroatoms. The maximum Gasteiger partial charge on any atom is 0.192 e. The Morgan fingerprint density at radius 1 is 1.15 bits per heavy atom. The lowest BCUT2D eigenvalue weighted by Gasteiger charge is -2.42. The highest BCUT2D eigenvalue weighted by Crippen LogP contribution is 2.57. The second-order valence-electron chi connectivity index (χ2n) is 16.2. The molecule has 41 heavy (non-hydrogen) atoms. The van der Waals surface area contributed by atoms with Gasteiger partial charge >= 0.3 is 0 Å². The van der Waals surface area contributed by atoms with E-state index in [1.807, 2.05) is 0 Å². The smallest absolute Gasteiger partial charge is 0.192 e. The lowest BCUT2D eigenvalue weighted by molar-refractivity contribution is 0.131. The van der Waals surface area contributed by atoms with Crippen molar-refractivity contribution in [2.75, 3.05) is 0 Å². The van der Waals surface area contributed by atoms with E-state index < -0.39 is 28.4 Å². The molecule has 0 aromatic carbocycles. The summed E-state index contributed by atoms with van der Waals surface area (Å²) in [5.74, 6) is 7.85. The molecule has 2 fully saturated rings. The Balaban J connectivity index is 1.74. The molecule has 0 N–H and O–H groups in total. The number of halogens is 1. The van der Waals surface area contributed by atoms with Gasteiger partial charge in [0.1, 0.15) is 11.8 Å². The number of alkyl halides is 1. The van der Waals surface area contributed by atoms with Gasteiger partial charge in [0.05, 0.1) is 6.10 Å². The van der Waals surface area contributed by atoms with Crippen molar-refractivity contribution in [2.45, 2.75) is 149 Å². The van der Waals surface area contributed by atoms with Gasteiger partial charge < -0.3 is 8.85 Å². The summed E-state index contributed by atoms with van der Waals surface area (Å²) in [7, 11) is -3.61. The van der Waals surface area contributed by atoms with Crippen LogP contribution in [0.5, 0.6) is 0 Å². The van der Waals surface area contributed by atoms with Gasteiger partial charge in [0, 0.05) is 12.8 Å². The minimum atomic E-state index is -1.97. The molecule has 3 aliphatic rings. The summed E-state index contributed by atoms with van der Waals surface area (Å²) < 4.78 is 28.1. The van der Waals surface area contributed by atoms with Crippen LogP contribution in [-0.4, -0.2) is 34.5 Å². The zero-order valence-corrected chi connectivity index (χ0v) is 30.4. The number of hydrogen-bond acceptors (Lipinski definition) is 2. The lowest BCUT2D eigenvalue weighted by atomic mass is 9.62.